The average molecular weight is 450 g/mol. The molecule has 1 N–H and O–H groups in total. The molecule has 1 fully saturated rings. The molecule has 0 aliphatic carbocycles. The van der Waals surface area contributed by atoms with E-state index in [1.807, 2.05) is 17.5 Å². The quantitative estimate of drug-likeness (QED) is 0.663. The van der Waals surface area contributed by atoms with E-state index in [-0.39, 0.29) is 23.4 Å². The number of rotatable bonds is 3. The van der Waals surface area contributed by atoms with E-state index in [0.717, 1.165) is 19.3 Å². The number of H-pyrrole nitrogens is 1. The Kier molecular flexibility index (Phi) is 5.57. The van der Waals surface area contributed by atoms with Crippen LogP contribution in [0, 0.1) is 0 Å². The number of nitrogens with zero attached hydrogens (tertiary/aromatic N) is 4. The Labute approximate surface area is 188 Å². The van der Waals surface area contributed by atoms with Crippen molar-refractivity contribution in [3.8, 4) is 0 Å². The number of likely N-dealkylation sites (tertiary alicyclic amines) is 1. The smallest absolute Gasteiger partial charge is 0.264 e. The first kappa shape index (κ1) is 20.6. The van der Waals surface area contributed by atoms with Gasteiger partial charge in [0.1, 0.15) is 5.82 Å². The molecule has 2 amide bonds. The standard InChI is InChI=1S/C23H23N5O3S/c29-21-16-8-11-27(23(31)19-7-4-12-32-19)14-17(16)25-20(26-21)18-6-1-2-10-28(18)22(30)15-5-3-9-24-13-15/h3-5,7,9,12-13,18H,1-2,6,8,10-11,14H2,(H,25,26,29). The molecule has 5 heterocycles. The van der Waals surface area contributed by atoms with Gasteiger partial charge in [-0.25, -0.2) is 4.98 Å². The number of amides is 2. The Morgan fingerprint density at radius 3 is 2.81 bits per heavy atom. The van der Waals surface area contributed by atoms with Crippen LogP contribution in [0.4, 0.5) is 0 Å². The zero-order valence-corrected chi connectivity index (χ0v) is 18.3. The number of aromatic amines is 1. The van der Waals surface area contributed by atoms with Crippen LogP contribution in [0.15, 0.2) is 46.8 Å². The van der Waals surface area contributed by atoms with E-state index in [0.29, 0.717) is 53.6 Å². The van der Waals surface area contributed by atoms with Crippen molar-refractivity contribution >= 4 is 23.2 Å². The second-order valence-corrected chi connectivity index (χ2v) is 9.03. The molecular formula is C23H23N5O3S. The highest BCUT2D eigenvalue weighted by atomic mass is 32.1. The number of piperidine rings is 1. The van der Waals surface area contributed by atoms with Crippen LogP contribution < -0.4 is 5.56 Å². The fourth-order valence-electron chi connectivity index (χ4n) is 4.46. The van der Waals surface area contributed by atoms with Gasteiger partial charge in [0, 0.05) is 31.0 Å². The van der Waals surface area contributed by atoms with E-state index >= 15 is 0 Å². The van der Waals surface area contributed by atoms with Crippen molar-refractivity contribution in [1.29, 1.82) is 0 Å². The van der Waals surface area contributed by atoms with E-state index in [1.54, 1.807) is 34.3 Å². The molecule has 2 aliphatic heterocycles. The highest BCUT2D eigenvalue weighted by Gasteiger charge is 2.32. The van der Waals surface area contributed by atoms with Crippen LogP contribution in [0.1, 0.15) is 62.4 Å². The third-order valence-corrected chi connectivity index (χ3v) is 6.96. The first-order valence-corrected chi connectivity index (χ1v) is 11.7. The topological polar surface area (TPSA) is 99.3 Å². The van der Waals surface area contributed by atoms with Crippen LogP contribution in [-0.2, 0) is 13.0 Å². The molecule has 5 rings (SSSR count). The molecule has 164 valence electrons. The molecule has 0 spiro atoms. The van der Waals surface area contributed by atoms with Gasteiger partial charge in [-0.3, -0.25) is 19.4 Å². The van der Waals surface area contributed by atoms with Crippen LogP contribution in [0.3, 0.4) is 0 Å². The number of aromatic nitrogens is 3. The lowest BCUT2D eigenvalue weighted by molar-refractivity contribution is 0.0598. The van der Waals surface area contributed by atoms with Crippen molar-refractivity contribution in [1.82, 2.24) is 24.8 Å². The van der Waals surface area contributed by atoms with Gasteiger partial charge in [0.25, 0.3) is 17.4 Å². The maximum atomic E-state index is 13.1. The highest BCUT2D eigenvalue weighted by molar-refractivity contribution is 7.12. The fraction of sp³-hybridized carbons (Fsp3) is 0.348. The van der Waals surface area contributed by atoms with Crippen molar-refractivity contribution in [2.45, 2.75) is 38.3 Å². The van der Waals surface area contributed by atoms with Gasteiger partial charge in [-0.2, -0.15) is 0 Å². The van der Waals surface area contributed by atoms with E-state index < -0.39 is 0 Å². The third-order valence-electron chi connectivity index (χ3n) is 6.10. The molecule has 0 bridgehead atoms. The Bertz CT molecular complexity index is 1190. The van der Waals surface area contributed by atoms with Crippen molar-refractivity contribution in [2.24, 2.45) is 0 Å². The van der Waals surface area contributed by atoms with Gasteiger partial charge < -0.3 is 14.8 Å². The van der Waals surface area contributed by atoms with Crippen LogP contribution in [0.5, 0.6) is 0 Å². The minimum Gasteiger partial charge on any atom is -0.332 e. The zero-order chi connectivity index (χ0) is 22.1. The summed E-state index contributed by atoms with van der Waals surface area (Å²) in [6.45, 7) is 1.39. The lowest BCUT2D eigenvalue weighted by Gasteiger charge is -2.36. The fourth-order valence-corrected chi connectivity index (χ4v) is 5.15. The number of hydrogen-bond donors (Lipinski definition) is 1. The molecule has 0 radical (unpaired) electrons. The molecule has 0 aromatic carbocycles. The van der Waals surface area contributed by atoms with Gasteiger partial charge in [0.05, 0.1) is 28.7 Å². The number of nitrogens with one attached hydrogen (secondary N) is 1. The monoisotopic (exact) mass is 449 g/mol. The number of fused-ring (bicyclic) bond motifs is 1. The summed E-state index contributed by atoms with van der Waals surface area (Å²) in [7, 11) is 0. The van der Waals surface area contributed by atoms with E-state index in [1.165, 1.54) is 11.3 Å². The summed E-state index contributed by atoms with van der Waals surface area (Å²) in [6.07, 6.45) is 6.25. The van der Waals surface area contributed by atoms with Crippen molar-refractivity contribution in [3.05, 3.63) is 79.9 Å². The van der Waals surface area contributed by atoms with Gasteiger partial charge in [0.15, 0.2) is 0 Å². The van der Waals surface area contributed by atoms with E-state index in [2.05, 4.69) is 9.97 Å². The van der Waals surface area contributed by atoms with Gasteiger partial charge in [-0.15, -0.1) is 11.3 Å². The number of carbonyl (C=O) groups excluding carboxylic acids is 2. The van der Waals surface area contributed by atoms with Crippen molar-refractivity contribution in [3.63, 3.8) is 0 Å². The molecule has 0 saturated carbocycles. The molecule has 32 heavy (non-hydrogen) atoms. The predicted molar refractivity (Wildman–Crippen MR) is 119 cm³/mol. The SMILES string of the molecule is O=C(c1cccs1)N1CCc2c(nc(C3CCCCN3C(=O)c3cccnc3)[nH]c2=O)C1. The van der Waals surface area contributed by atoms with Crippen LogP contribution in [0.2, 0.25) is 0 Å². The van der Waals surface area contributed by atoms with Crippen LogP contribution >= 0.6 is 11.3 Å². The molecule has 9 heteroatoms. The van der Waals surface area contributed by atoms with Gasteiger partial charge in [-0.1, -0.05) is 6.07 Å². The number of hydrogen-bond acceptors (Lipinski definition) is 6. The van der Waals surface area contributed by atoms with Crippen molar-refractivity contribution in [2.75, 3.05) is 13.1 Å². The van der Waals surface area contributed by atoms with Gasteiger partial charge in [0.2, 0.25) is 0 Å². The largest absolute Gasteiger partial charge is 0.332 e. The number of pyridine rings is 1. The first-order valence-electron chi connectivity index (χ1n) is 10.8. The predicted octanol–water partition coefficient (Wildman–Crippen LogP) is 2.79. The zero-order valence-electron chi connectivity index (χ0n) is 17.5. The minimum absolute atomic E-state index is 0.0414. The second-order valence-electron chi connectivity index (χ2n) is 8.08. The maximum absolute atomic E-state index is 13.1. The van der Waals surface area contributed by atoms with Gasteiger partial charge in [-0.05, 0) is 49.3 Å². The average Bonchev–Trinajstić information content (AvgIpc) is 3.38. The molecule has 3 aromatic heterocycles. The Balaban J connectivity index is 1.44. The highest BCUT2D eigenvalue weighted by Crippen LogP contribution is 2.30. The molecule has 3 aromatic rings. The summed E-state index contributed by atoms with van der Waals surface area (Å²) in [5.41, 5.74) is 1.60. The normalized spacial score (nSPS) is 18.3. The molecule has 1 unspecified atom stereocenters. The minimum atomic E-state index is -0.308. The lowest BCUT2D eigenvalue weighted by atomic mass is 9.99. The molecule has 8 nitrogen and oxygen atoms in total. The summed E-state index contributed by atoms with van der Waals surface area (Å²) >= 11 is 1.41. The Morgan fingerprint density at radius 2 is 2.03 bits per heavy atom. The second kappa shape index (κ2) is 8.66. The summed E-state index contributed by atoms with van der Waals surface area (Å²) in [5.74, 6) is 0.342. The summed E-state index contributed by atoms with van der Waals surface area (Å²) in [5, 5.41) is 1.88. The van der Waals surface area contributed by atoms with E-state index in [9.17, 15) is 14.4 Å². The third kappa shape index (κ3) is 3.84. The van der Waals surface area contributed by atoms with E-state index in [4.69, 9.17) is 4.98 Å². The van der Waals surface area contributed by atoms with Crippen LogP contribution in [0.25, 0.3) is 0 Å². The van der Waals surface area contributed by atoms with Crippen LogP contribution in [-0.4, -0.2) is 49.7 Å². The molecule has 1 atom stereocenters. The molecular weight excluding hydrogens is 426 g/mol. The summed E-state index contributed by atoms with van der Waals surface area (Å²) < 4.78 is 0. The Hall–Kier alpha value is -3.33. The Morgan fingerprint density at radius 1 is 1.12 bits per heavy atom. The summed E-state index contributed by atoms with van der Waals surface area (Å²) in [4.78, 5) is 54.8. The first-order chi connectivity index (χ1) is 15.6. The maximum Gasteiger partial charge on any atom is 0.264 e. The van der Waals surface area contributed by atoms with Gasteiger partial charge >= 0.3 is 0 Å². The number of carbonyl (C=O) groups is 2. The van der Waals surface area contributed by atoms with Crippen molar-refractivity contribution < 1.29 is 9.59 Å². The number of thiophene rings is 1. The molecule has 1 saturated heterocycles. The lowest BCUT2D eigenvalue weighted by Crippen LogP contribution is -2.42. The summed E-state index contributed by atoms with van der Waals surface area (Å²) in [6, 6.07) is 6.84. The molecule has 2 aliphatic rings.